The van der Waals surface area contributed by atoms with Crippen molar-refractivity contribution in [3.8, 4) is 0 Å². The highest BCUT2D eigenvalue weighted by molar-refractivity contribution is 6.35. The van der Waals surface area contributed by atoms with E-state index in [1.165, 1.54) is 17.0 Å². The lowest BCUT2D eigenvalue weighted by atomic mass is 9.93. The standard InChI is InChI=1S/C16H21N5O4/c1-11-16(12(2)18-24-5,25-19-15(23)20(3)4)14(22)21(17-11)13-9-7-6-8-10-13/h6-10H,1-5H3,(H,19,23). The zero-order chi connectivity index (χ0) is 18.6. The summed E-state index contributed by atoms with van der Waals surface area (Å²) in [6.45, 7) is 3.19. The van der Waals surface area contributed by atoms with Gasteiger partial charge < -0.3 is 9.74 Å². The first-order valence-electron chi connectivity index (χ1n) is 7.53. The molecule has 0 radical (unpaired) electrons. The van der Waals surface area contributed by atoms with Gasteiger partial charge >= 0.3 is 6.03 Å². The first-order valence-corrected chi connectivity index (χ1v) is 7.53. The first kappa shape index (κ1) is 18.4. The van der Waals surface area contributed by atoms with E-state index in [0.29, 0.717) is 11.4 Å². The molecule has 1 unspecified atom stereocenters. The van der Waals surface area contributed by atoms with Crippen LogP contribution in [-0.4, -0.2) is 55.1 Å². The average molecular weight is 347 g/mol. The zero-order valence-corrected chi connectivity index (χ0v) is 14.8. The molecule has 25 heavy (non-hydrogen) atoms. The molecule has 1 heterocycles. The lowest BCUT2D eigenvalue weighted by Gasteiger charge is -2.27. The summed E-state index contributed by atoms with van der Waals surface area (Å²) in [5.74, 6) is -0.506. The van der Waals surface area contributed by atoms with Crippen LogP contribution in [0.2, 0.25) is 0 Å². The molecular weight excluding hydrogens is 326 g/mol. The maximum Gasteiger partial charge on any atom is 0.340 e. The number of carbonyl (C=O) groups excluding carboxylic acids is 2. The molecule has 0 saturated heterocycles. The smallest absolute Gasteiger partial charge is 0.340 e. The van der Waals surface area contributed by atoms with Gasteiger partial charge in [-0.1, -0.05) is 23.4 Å². The Hall–Kier alpha value is -2.94. The van der Waals surface area contributed by atoms with Gasteiger partial charge in [0, 0.05) is 14.1 Å². The molecule has 1 N–H and O–H groups in total. The second-order valence-electron chi connectivity index (χ2n) is 5.58. The van der Waals surface area contributed by atoms with Gasteiger partial charge in [-0.2, -0.15) is 10.1 Å². The van der Waals surface area contributed by atoms with Crippen molar-refractivity contribution in [2.24, 2.45) is 10.3 Å². The number of hydrazone groups is 1. The van der Waals surface area contributed by atoms with Crippen molar-refractivity contribution in [1.82, 2.24) is 10.4 Å². The van der Waals surface area contributed by atoms with E-state index in [9.17, 15) is 9.59 Å². The van der Waals surface area contributed by atoms with Crippen LogP contribution in [0.3, 0.4) is 0 Å². The van der Waals surface area contributed by atoms with Gasteiger partial charge in [0.25, 0.3) is 11.5 Å². The predicted molar refractivity (Wildman–Crippen MR) is 93.2 cm³/mol. The molecule has 0 aromatic heterocycles. The van der Waals surface area contributed by atoms with E-state index in [0.717, 1.165) is 0 Å². The normalized spacial score (nSPS) is 20.4. The van der Waals surface area contributed by atoms with Crippen LogP contribution in [0.4, 0.5) is 10.5 Å². The van der Waals surface area contributed by atoms with Gasteiger partial charge in [-0.3, -0.25) is 4.79 Å². The minimum absolute atomic E-state index is 0.207. The lowest BCUT2D eigenvalue weighted by Crippen LogP contribution is -2.57. The fourth-order valence-corrected chi connectivity index (χ4v) is 2.33. The maximum atomic E-state index is 13.1. The van der Waals surface area contributed by atoms with Gasteiger partial charge in [-0.05, 0) is 26.0 Å². The summed E-state index contributed by atoms with van der Waals surface area (Å²) < 4.78 is 0. The molecule has 9 nitrogen and oxygen atoms in total. The van der Waals surface area contributed by atoms with Crippen molar-refractivity contribution >= 4 is 29.0 Å². The number of nitrogens with one attached hydrogen (secondary N) is 1. The van der Waals surface area contributed by atoms with E-state index in [2.05, 4.69) is 15.7 Å². The highest BCUT2D eigenvalue weighted by Crippen LogP contribution is 2.30. The summed E-state index contributed by atoms with van der Waals surface area (Å²) >= 11 is 0. The molecule has 1 atom stereocenters. The van der Waals surface area contributed by atoms with E-state index in [4.69, 9.17) is 9.68 Å². The Bertz CT molecular complexity index is 716. The minimum Gasteiger partial charge on any atom is -0.399 e. The van der Waals surface area contributed by atoms with Crippen LogP contribution in [0.5, 0.6) is 0 Å². The maximum absolute atomic E-state index is 13.1. The van der Waals surface area contributed by atoms with Crippen LogP contribution in [0.15, 0.2) is 40.6 Å². The van der Waals surface area contributed by atoms with E-state index in [1.807, 2.05) is 6.07 Å². The van der Waals surface area contributed by atoms with Crippen molar-refractivity contribution in [3.63, 3.8) is 0 Å². The Morgan fingerprint density at radius 3 is 2.52 bits per heavy atom. The fraction of sp³-hybridized carbons (Fsp3) is 0.375. The fourth-order valence-electron chi connectivity index (χ4n) is 2.33. The number of urea groups is 1. The minimum atomic E-state index is -1.68. The largest absolute Gasteiger partial charge is 0.399 e. The van der Waals surface area contributed by atoms with Crippen LogP contribution >= 0.6 is 0 Å². The number of benzene rings is 1. The van der Waals surface area contributed by atoms with E-state index in [-0.39, 0.29) is 5.71 Å². The summed E-state index contributed by atoms with van der Waals surface area (Å²) in [7, 11) is 4.46. The number of hydrogen-bond acceptors (Lipinski definition) is 6. The highest BCUT2D eigenvalue weighted by atomic mass is 16.7. The number of rotatable bonds is 5. The van der Waals surface area contributed by atoms with Crippen LogP contribution < -0.4 is 10.5 Å². The highest BCUT2D eigenvalue weighted by Gasteiger charge is 2.55. The third-order valence-corrected chi connectivity index (χ3v) is 3.69. The van der Waals surface area contributed by atoms with Crippen molar-refractivity contribution in [3.05, 3.63) is 30.3 Å². The summed E-state index contributed by atoms with van der Waals surface area (Å²) in [5, 5.41) is 9.34. The second-order valence-corrected chi connectivity index (χ2v) is 5.58. The number of oxime groups is 1. The van der Waals surface area contributed by atoms with Crippen molar-refractivity contribution in [1.29, 1.82) is 0 Å². The van der Waals surface area contributed by atoms with Gasteiger partial charge in [0.2, 0.25) is 0 Å². The zero-order valence-electron chi connectivity index (χ0n) is 14.8. The van der Waals surface area contributed by atoms with E-state index in [1.54, 1.807) is 52.2 Å². The van der Waals surface area contributed by atoms with Crippen LogP contribution in [0.1, 0.15) is 13.8 Å². The molecule has 0 bridgehead atoms. The number of para-hydroxylation sites is 1. The summed E-state index contributed by atoms with van der Waals surface area (Å²) in [5.41, 5.74) is 1.67. The third kappa shape index (κ3) is 3.31. The summed E-state index contributed by atoms with van der Waals surface area (Å²) in [4.78, 5) is 36.6. The molecular formula is C16H21N5O4. The van der Waals surface area contributed by atoms with E-state index >= 15 is 0 Å². The monoisotopic (exact) mass is 347 g/mol. The van der Waals surface area contributed by atoms with Gasteiger partial charge in [-0.15, -0.1) is 0 Å². The molecule has 1 aliphatic heterocycles. The molecule has 0 aliphatic carbocycles. The summed E-state index contributed by atoms with van der Waals surface area (Å²) in [6.07, 6.45) is 0. The number of carbonyl (C=O) groups is 2. The topological polar surface area (TPSA) is 95.8 Å². The Morgan fingerprint density at radius 1 is 1.32 bits per heavy atom. The Kier molecular flexibility index (Phi) is 5.38. The molecule has 0 saturated carbocycles. The molecule has 9 heteroatoms. The van der Waals surface area contributed by atoms with Gasteiger partial charge in [0.15, 0.2) is 0 Å². The molecule has 1 aromatic rings. The number of hydrogen-bond donors (Lipinski definition) is 1. The van der Waals surface area contributed by atoms with Crippen molar-refractivity contribution in [2.75, 3.05) is 26.2 Å². The average Bonchev–Trinajstić information content (AvgIpc) is 2.85. The third-order valence-electron chi connectivity index (χ3n) is 3.69. The Balaban J connectivity index is 2.42. The molecule has 134 valence electrons. The Morgan fingerprint density at radius 2 is 1.96 bits per heavy atom. The van der Waals surface area contributed by atoms with Crippen LogP contribution in [-0.2, 0) is 14.5 Å². The number of hydroxylamine groups is 1. The number of nitrogens with zero attached hydrogens (tertiary/aromatic N) is 4. The lowest BCUT2D eigenvalue weighted by molar-refractivity contribution is -0.132. The predicted octanol–water partition coefficient (Wildman–Crippen LogP) is 1.37. The SMILES string of the molecule is CON=C(C)C1(ONC(=O)N(C)C)C(=O)N(c2ccccc2)N=C1C. The van der Waals surface area contributed by atoms with Gasteiger partial charge in [-0.25, -0.2) is 15.1 Å². The molecule has 3 amide bonds. The van der Waals surface area contributed by atoms with Crippen LogP contribution in [0, 0.1) is 0 Å². The van der Waals surface area contributed by atoms with E-state index < -0.39 is 17.5 Å². The van der Waals surface area contributed by atoms with Crippen LogP contribution in [0.25, 0.3) is 0 Å². The molecule has 1 aliphatic rings. The number of amides is 3. The van der Waals surface area contributed by atoms with Gasteiger partial charge in [0.05, 0.1) is 11.4 Å². The molecule has 2 rings (SSSR count). The number of anilines is 1. The summed E-state index contributed by atoms with van der Waals surface area (Å²) in [6, 6.07) is 8.37. The van der Waals surface area contributed by atoms with Crippen molar-refractivity contribution < 1.29 is 19.3 Å². The van der Waals surface area contributed by atoms with Gasteiger partial charge in [0.1, 0.15) is 12.8 Å². The Labute approximate surface area is 145 Å². The second kappa shape index (κ2) is 7.31. The van der Waals surface area contributed by atoms with Crippen molar-refractivity contribution in [2.45, 2.75) is 19.4 Å². The molecule has 0 fully saturated rings. The first-order chi connectivity index (χ1) is 11.8. The molecule has 1 aromatic carbocycles. The molecule has 0 spiro atoms. The quantitative estimate of drug-likeness (QED) is 0.643.